The van der Waals surface area contributed by atoms with E-state index in [1.807, 2.05) is 26.1 Å². The number of hydrogen-bond acceptors (Lipinski definition) is 5. The molecule has 2 N–H and O–H groups in total. The van der Waals surface area contributed by atoms with Gasteiger partial charge < -0.3 is 5.32 Å². The van der Waals surface area contributed by atoms with Crippen molar-refractivity contribution in [3.63, 3.8) is 0 Å². The summed E-state index contributed by atoms with van der Waals surface area (Å²) >= 11 is 3.05. The lowest BCUT2D eigenvalue weighted by atomic mass is 10.4. The molecular weight excluding hydrogens is 300 g/mol. The van der Waals surface area contributed by atoms with E-state index in [1.165, 1.54) is 16.2 Å². The molecule has 0 aliphatic heterocycles. The quantitative estimate of drug-likeness (QED) is 0.860. The summed E-state index contributed by atoms with van der Waals surface area (Å²) in [6, 6.07) is 5.65. The van der Waals surface area contributed by atoms with Gasteiger partial charge in [0.2, 0.25) is 10.0 Å². The van der Waals surface area contributed by atoms with Gasteiger partial charge in [0, 0.05) is 33.1 Å². The van der Waals surface area contributed by atoms with Crippen LogP contribution >= 0.6 is 22.7 Å². The highest BCUT2D eigenvalue weighted by atomic mass is 32.2. The van der Waals surface area contributed by atoms with Crippen molar-refractivity contribution in [2.45, 2.75) is 24.9 Å². The zero-order valence-corrected chi connectivity index (χ0v) is 13.2. The van der Waals surface area contributed by atoms with Gasteiger partial charge in [-0.15, -0.1) is 22.7 Å². The zero-order valence-electron chi connectivity index (χ0n) is 10.8. The summed E-state index contributed by atoms with van der Waals surface area (Å²) in [5.74, 6) is 0. The first kappa shape index (κ1) is 14.7. The molecule has 0 spiro atoms. The molecule has 2 rings (SSSR count). The Hall–Kier alpha value is -0.730. The largest absolute Gasteiger partial charge is 0.315 e. The normalized spacial score (nSPS) is 11.9. The van der Waals surface area contributed by atoms with E-state index in [0.29, 0.717) is 18.0 Å². The summed E-state index contributed by atoms with van der Waals surface area (Å²) in [7, 11) is -1.57. The molecule has 104 valence electrons. The molecule has 0 saturated heterocycles. The van der Waals surface area contributed by atoms with Gasteiger partial charge in [-0.05, 0) is 32.2 Å². The molecule has 4 nitrogen and oxygen atoms in total. The minimum Gasteiger partial charge on any atom is -0.315 e. The van der Waals surface area contributed by atoms with Gasteiger partial charge in [-0.3, -0.25) is 0 Å². The van der Waals surface area contributed by atoms with Gasteiger partial charge in [0.25, 0.3) is 0 Å². The van der Waals surface area contributed by atoms with E-state index in [1.54, 1.807) is 22.8 Å². The molecule has 2 heterocycles. The standard InChI is InChI=1S/C12H16N2O2S3/c1-9-3-4-10(18-9)7-14-19(15,16)12-5-11(6-13-2)17-8-12/h3-5,8,13-14H,6-7H2,1-2H3. The molecule has 0 saturated carbocycles. The molecule has 0 radical (unpaired) electrons. The van der Waals surface area contributed by atoms with Crippen LogP contribution in [-0.2, 0) is 23.1 Å². The molecular formula is C12H16N2O2S3. The Morgan fingerprint density at radius 1 is 1.21 bits per heavy atom. The molecule has 7 heteroatoms. The second kappa shape index (κ2) is 6.15. The summed E-state index contributed by atoms with van der Waals surface area (Å²) in [5, 5.41) is 4.68. The van der Waals surface area contributed by atoms with Gasteiger partial charge in [-0.2, -0.15) is 0 Å². The number of sulfonamides is 1. The number of rotatable bonds is 6. The minimum atomic E-state index is -3.41. The summed E-state index contributed by atoms with van der Waals surface area (Å²) in [5.41, 5.74) is 0. The van der Waals surface area contributed by atoms with E-state index >= 15 is 0 Å². The van der Waals surface area contributed by atoms with Crippen LogP contribution in [0.4, 0.5) is 0 Å². The molecule has 19 heavy (non-hydrogen) atoms. The van der Waals surface area contributed by atoms with Crippen LogP contribution in [0.25, 0.3) is 0 Å². The van der Waals surface area contributed by atoms with Crippen LogP contribution in [0, 0.1) is 6.92 Å². The third kappa shape index (κ3) is 3.87. The Labute approximate surface area is 121 Å². The second-order valence-electron chi connectivity index (χ2n) is 4.12. The van der Waals surface area contributed by atoms with Gasteiger partial charge in [0.1, 0.15) is 0 Å². The van der Waals surface area contributed by atoms with E-state index in [-0.39, 0.29) is 0 Å². The van der Waals surface area contributed by atoms with Crippen molar-refractivity contribution < 1.29 is 8.42 Å². The van der Waals surface area contributed by atoms with Crippen LogP contribution in [0.5, 0.6) is 0 Å². The second-order valence-corrected chi connectivity index (χ2v) is 8.25. The molecule has 0 atom stereocenters. The SMILES string of the molecule is CNCc1cc(S(=O)(=O)NCc2ccc(C)s2)cs1. The topological polar surface area (TPSA) is 58.2 Å². The van der Waals surface area contributed by atoms with E-state index < -0.39 is 10.0 Å². The van der Waals surface area contributed by atoms with E-state index in [4.69, 9.17) is 0 Å². The fourth-order valence-corrected chi connectivity index (χ4v) is 4.81. The summed E-state index contributed by atoms with van der Waals surface area (Å²) < 4.78 is 26.8. The van der Waals surface area contributed by atoms with Crippen LogP contribution in [-0.4, -0.2) is 15.5 Å². The van der Waals surface area contributed by atoms with Crippen LogP contribution < -0.4 is 10.0 Å². The first-order chi connectivity index (χ1) is 9.01. The van der Waals surface area contributed by atoms with Crippen molar-refractivity contribution in [1.82, 2.24) is 10.0 Å². The van der Waals surface area contributed by atoms with Crippen molar-refractivity contribution in [1.29, 1.82) is 0 Å². The van der Waals surface area contributed by atoms with Crippen LogP contribution in [0.15, 0.2) is 28.5 Å². The van der Waals surface area contributed by atoms with Crippen molar-refractivity contribution >= 4 is 32.7 Å². The first-order valence-corrected chi connectivity index (χ1v) is 8.96. The summed E-state index contributed by atoms with van der Waals surface area (Å²) in [6.07, 6.45) is 0. The van der Waals surface area contributed by atoms with E-state index in [0.717, 1.165) is 9.75 Å². The lowest BCUT2D eigenvalue weighted by Crippen LogP contribution is -2.22. The van der Waals surface area contributed by atoms with Gasteiger partial charge in [-0.1, -0.05) is 0 Å². The van der Waals surface area contributed by atoms with Crippen LogP contribution in [0.2, 0.25) is 0 Å². The maximum absolute atomic E-state index is 12.1. The zero-order chi connectivity index (χ0) is 13.9. The fraction of sp³-hybridized carbons (Fsp3) is 0.333. The lowest BCUT2D eigenvalue weighted by Gasteiger charge is -2.03. The maximum Gasteiger partial charge on any atom is 0.241 e. The monoisotopic (exact) mass is 316 g/mol. The first-order valence-electron chi connectivity index (χ1n) is 5.78. The molecule has 0 bridgehead atoms. The van der Waals surface area contributed by atoms with Gasteiger partial charge in [0.15, 0.2) is 0 Å². The van der Waals surface area contributed by atoms with Gasteiger partial charge in [-0.25, -0.2) is 13.1 Å². The third-order valence-electron chi connectivity index (χ3n) is 2.52. The van der Waals surface area contributed by atoms with Gasteiger partial charge >= 0.3 is 0 Å². The predicted molar refractivity (Wildman–Crippen MR) is 80.2 cm³/mol. The highest BCUT2D eigenvalue weighted by Crippen LogP contribution is 2.20. The number of nitrogens with one attached hydrogen (secondary N) is 2. The number of hydrogen-bond donors (Lipinski definition) is 2. The smallest absolute Gasteiger partial charge is 0.241 e. The summed E-state index contributed by atoms with van der Waals surface area (Å²) in [6.45, 7) is 3.04. The highest BCUT2D eigenvalue weighted by Gasteiger charge is 2.16. The molecule has 2 aromatic rings. The summed E-state index contributed by atoms with van der Waals surface area (Å²) in [4.78, 5) is 3.55. The number of aryl methyl sites for hydroxylation is 1. The van der Waals surface area contributed by atoms with E-state index in [2.05, 4.69) is 10.0 Å². The van der Waals surface area contributed by atoms with Crippen molar-refractivity contribution in [3.05, 3.63) is 38.2 Å². The van der Waals surface area contributed by atoms with Crippen molar-refractivity contribution in [2.24, 2.45) is 0 Å². The molecule has 0 fully saturated rings. The Morgan fingerprint density at radius 2 is 2.00 bits per heavy atom. The number of thiophene rings is 2. The molecule has 0 unspecified atom stereocenters. The van der Waals surface area contributed by atoms with Crippen LogP contribution in [0.1, 0.15) is 14.6 Å². The molecule has 0 aromatic carbocycles. The average molecular weight is 316 g/mol. The lowest BCUT2D eigenvalue weighted by molar-refractivity contribution is 0.582. The molecule has 0 amide bonds. The fourth-order valence-electron chi connectivity index (χ4n) is 1.60. The Kier molecular flexibility index (Phi) is 4.75. The Morgan fingerprint density at radius 3 is 2.63 bits per heavy atom. The average Bonchev–Trinajstić information content (AvgIpc) is 2.97. The van der Waals surface area contributed by atoms with Crippen molar-refractivity contribution in [3.8, 4) is 0 Å². The molecule has 0 aliphatic carbocycles. The highest BCUT2D eigenvalue weighted by molar-refractivity contribution is 7.89. The Balaban J connectivity index is 2.04. The minimum absolute atomic E-state index is 0.344. The third-order valence-corrected chi connectivity index (χ3v) is 5.99. The van der Waals surface area contributed by atoms with Gasteiger partial charge in [0.05, 0.1) is 4.90 Å². The van der Waals surface area contributed by atoms with E-state index in [9.17, 15) is 8.42 Å². The predicted octanol–water partition coefficient (Wildman–Crippen LogP) is 2.32. The van der Waals surface area contributed by atoms with Crippen LogP contribution in [0.3, 0.4) is 0 Å². The molecule has 0 aliphatic rings. The van der Waals surface area contributed by atoms with Crippen molar-refractivity contribution in [2.75, 3.05) is 7.05 Å². The Bertz CT molecular complexity index is 643. The molecule has 2 aromatic heterocycles. The maximum atomic E-state index is 12.1.